The zero-order valence-corrected chi connectivity index (χ0v) is 16.2. The van der Waals surface area contributed by atoms with Crippen molar-refractivity contribution in [1.29, 1.82) is 0 Å². The molecule has 0 heterocycles. The van der Waals surface area contributed by atoms with Crippen molar-refractivity contribution in [3.05, 3.63) is 55.5 Å². The molecule has 0 radical (unpaired) electrons. The monoisotopic (exact) mass is 452 g/mol. The van der Waals surface area contributed by atoms with Crippen LogP contribution in [0.15, 0.2) is 24.3 Å². The van der Waals surface area contributed by atoms with Crippen molar-refractivity contribution in [2.45, 2.75) is 9.71 Å². The van der Waals surface area contributed by atoms with Crippen molar-refractivity contribution in [3.63, 3.8) is 0 Å². The lowest BCUT2D eigenvalue weighted by Crippen LogP contribution is -2.18. The quantitative estimate of drug-likeness (QED) is 0.470. The Labute approximate surface area is 167 Å². The molecule has 0 saturated carbocycles. The Morgan fingerprint density at radius 1 is 0.652 bits per heavy atom. The van der Waals surface area contributed by atoms with Crippen LogP contribution in [0.2, 0.25) is 20.1 Å². The number of aromatic hydroxyl groups is 2. The number of alkyl halides is 3. The van der Waals surface area contributed by atoms with Gasteiger partial charge in [-0.3, -0.25) is 0 Å². The van der Waals surface area contributed by atoms with Gasteiger partial charge in [-0.1, -0.05) is 81.2 Å². The van der Waals surface area contributed by atoms with Crippen molar-refractivity contribution in [1.82, 2.24) is 0 Å². The van der Waals surface area contributed by atoms with Crippen LogP contribution in [0.3, 0.4) is 0 Å². The fourth-order valence-corrected chi connectivity index (χ4v) is 3.84. The molecule has 2 rings (SSSR count). The van der Waals surface area contributed by atoms with Gasteiger partial charge < -0.3 is 10.2 Å². The molecule has 0 saturated heterocycles. The number of phenolic OH excluding ortho intramolecular Hbond substituents is 2. The van der Waals surface area contributed by atoms with Crippen LogP contribution in [-0.2, 0) is 0 Å². The summed E-state index contributed by atoms with van der Waals surface area (Å²) in [4.78, 5) is 0. The Balaban J connectivity index is 2.69. The molecule has 0 aliphatic heterocycles. The molecule has 0 fully saturated rings. The first-order valence-electron chi connectivity index (χ1n) is 5.95. The van der Waals surface area contributed by atoms with Crippen LogP contribution in [0, 0.1) is 0 Å². The zero-order chi connectivity index (χ0) is 17.5. The number of benzene rings is 2. The van der Waals surface area contributed by atoms with Crippen LogP contribution < -0.4 is 0 Å². The predicted octanol–water partition coefficient (Wildman–Crippen LogP) is 7.21. The molecule has 2 aromatic rings. The van der Waals surface area contributed by atoms with E-state index in [0.29, 0.717) is 11.1 Å². The maximum Gasteiger partial charge on any atom is 0.201 e. The summed E-state index contributed by atoms with van der Waals surface area (Å²) in [5.74, 6) is -1.40. The first kappa shape index (κ1) is 19.4. The van der Waals surface area contributed by atoms with E-state index in [9.17, 15) is 10.2 Å². The summed E-state index contributed by atoms with van der Waals surface area (Å²) in [5.41, 5.74) is 0.853. The molecule has 23 heavy (non-hydrogen) atoms. The number of hydrogen-bond acceptors (Lipinski definition) is 2. The van der Waals surface area contributed by atoms with Gasteiger partial charge in [-0.15, -0.1) is 0 Å². The van der Waals surface area contributed by atoms with Crippen LogP contribution in [0.1, 0.15) is 17.0 Å². The van der Waals surface area contributed by atoms with E-state index >= 15 is 0 Å². The number of hydrogen-bond donors (Lipinski definition) is 2. The molecule has 2 N–H and O–H groups in total. The second-order valence-electron chi connectivity index (χ2n) is 4.64. The van der Waals surface area contributed by atoms with Crippen molar-refractivity contribution in [2.24, 2.45) is 0 Å². The average Bonchev–Trinajstić information content (AvgIpc) is 2.40. The van der Waals surface area contributed by atoms with Gasteiger partial charge in [0.1, 0.15) is 0 Å². The van der Waals surface area contributed by atoms with Gasteiger partial charge in [-0.2, -0.15) is 0 Å². The summed E-state index contributed by atoms with van der Waals surface area (Å²) < 4.78 is -1.80. The van der Waals surface area contributed by atoms with Gasteiger partial charge in [0.05, 0.1) is 26.0 Å². The van der Waals surface area contributed by atoms with Gasteiger partial charge in [0, 0.05) is 0 Å². The number of rotatable bonds is 2. The molecule has 0 atom stereocenters. The normalized spacial score (nSPS) is 12.0. The molecule has 0 bridgehead atoms. The largest absolute Gasteiger partial charge is 0.505 e. The summed E-state index contributed by atoms with van der Waals surface area (Å²) in [6.07, 6.45) is 0. The van der Waals surface area contributed by atoms with Gasteiger partial charge >= 0.3 is 0 Å². The van der Waals surface area contributed by atoms with Crippen LogP contribution >= 0.6 is 81.2 Å². The molecule has 9 heteroatoms. The highest BCUT2D eigenvalue weighted by Gasteiger charge is 2.36. The van der Waals surface area contributed by atoms with Crippen LogP contribution in [0.5, 0.6) is 11.5 Å². The lowest BCUT2D eigenvalue weighted by Gasteiger charge is -2.26. The average molecular weight is 455 g/mol. The van der Waals surface area contributed by atoms with Crippen molar-refractivity contribution < 1.29 is 10.2 Å². The first-order chi connectivity index (χ1) is 10.5. The van der Waals surface area contributed by atoms with E-state index in [1.165, 1.54) is 24.3 Å². The van der Waals surface area contributed by atoms with E-state index in [4.69, 9.17) is 81.2 Å². The maximum atomic E-state index is 9.67. The predicted molar refractivity (Wildman–Crippen MR) is 98.4 cm³/mol. The summed E-state index contributed by atoms with van der Waals surface area (Å²) in [5, 5.41) is 19.4. The molecule has 0 amide bonds. The molecule has 0 spiro atoms. The standard InChI is InChI=1S/C14H7Cl7O2/c15-7-1-5(2-8(16)12(7)22)11(14(19,20)21)6-3-9(17)13(23)10(18)4-6/h1-4,11,22-23H. The summed E-state index contributed by atoms with van der Waals surface area (Å²) in [6.45, 7) is 0. The SMILES string of the molecule is Oc1c(Cl)cc(C(c2cc(Cl)c(O)c(Cl)c2)C(Cl)(Cl)Cl)cc1Cl. The molecule has 124 valence electrons. The first-order valence-corrected chi connectivity index (χ1v) is 8.59. The van der Waals surface area contributed by atoms with E-state index < -0.39 is 9.71 Å². The highest BCUT2D eigenvalue weighted by molar-refractivity contribution is 6.68. The minimum Gasteiger partial charge on any atom is -0.505 e. The van der Waals surface area contributed by atoms with Crippen molar-refractivity contribution in [2.75, 3.05) is 0 Å². The molecule has 2 aromatic carbocycles. The molecule has 2 nitrogen and oxygen atoms in total. The van der Waals surface area contributed by atoms with E-state index in [2.05, 4.69) is 0 Å². The zero-order valence-electron chi connectivity index (χ0n) is 10.9. The fourth-order valence-electron chi connectivity index (χ4n) is 2.07. The van der Waals surface area contributed by atoms with E-state index in [1.807, 2.05) is 0 Å². The Bertz CT molecular complexity index is 652. The molecule has 0 aliphatic carbocycles. The Hall–Kier alpha value is 0.0700. The smallest absolute Gasteiger partial charge is 0.201 e. The lowest BCUT2D eigenvalue weighted by atomic mass is 9.92. The van der Waals surface area contributed by atoms with Crippen molar-refractivity contribution >= 4 is 81.2 Å². The minimum absolute atomic E-state index is 0.00252. The number of halogens is 7. The summed E-state index contributed by atoms with van der Waals surface area (Å²) >= 11 is 42.0. The number of phenols is 2. The van der Waals surface area contributed by atoms with E-state index in [1.54, 1.807) is 0 Å². The highest BCUT2D eigenvalue weighted by Crippen LogP contribution is 2.49. The lowest BCUT2D eigenvalue weighted by molar-refractivity contribution is 0.475. The summed E-state index contributed by atoms with van der Waals surface area (Å²) in [7, 11) is 0. The molecular formula is C14H7Cl7O2. The molecule has 0 aliphatic rings. The van der Waals surface area contributed by atoms with E-state index in [0.717, 1.165) is 0 Å². The molecule has 0 unspecified atom stereocenters. The molecule has 0 aromatic heterocycles. The maximum absolute atomic E-state index is 9.67. The topological polar surface area (TPSA) is 40.5 Å². The second kappa shape index (κ2) is 7.13. The Morgan fingerprint density at radius 3 is 1.13 bits per heavy atom. The van der Waals surface area contributed by atoms with Crippen LogP contribution in [0.25, 0.3) is 0 Å². The van der Waals surface area contributed by atoms with Crippen LogP contribution in [0.4, 0.5) is 0 Å². The highest BCUT2D eigenvalue weighted by atomic mass is 35.6. The second-order valence-corrected chi connectivity index (χ2v) is 8.64. The van der Waals surface area contributed by atoms with Crippen LogP contribution in [-0.4, -0.2) is 14.0 Å². The van der Waals surface area contributed by atoms with Gasteiger partial charge in [0.25, 0.3) is 0 Å². The van der Waals surface area contributed by atoms with Gasteiger partial charge in [0.2, 0.25) is 3.79 Å². The minimum atomic E-state index is -1.80. The van der Waals surface area contributed by atoms with Gasteiger partial charge in [-0.05, 0) is 35.4 Å². The Kier molecular flexibility index (Phi) is 6.01. The van der Waals surface area contributed by atoms with Gasteiger partial charge in [-0.25, -0.2) is 0 Å². The van der Waals surface area contributed by atoms with Crippen molar-refractivity contribution in [3.8, 4) is 11.5 Å². The third kappa shape index (κ3) is 4.19. The third-order valence-corrected chi connectivity index (χ3v) is 4.88. The molecular weight excluding hydrogens is 448 g/mol. The Morgan fingerprint density at radius 2 is 0.913 bits per heavy atom. The van der Waals surface area contributed by atoms with E-state index in [-0.39, 0.29) is 31.6 Å². The third-order valence-electron chi connectivity index (χ3n) is 3.07. The summed E-state index contributed by atoms with van der Waals surface area (Å²) in [6, 6.07) is 5.68. The fraction of sp³-hybridized carbons (Fsp3) is 0.143. The van der Waals surface area contributed by atoms with Gasteiger partial charge in [0.15, 0.2) is 11.5 Å².